The Bertz CT molecular complexity index is 179. The minimum absolute atomic E-state index is 0.361. The van der Waals surface area contributed by atoms with E-state index in [9.17, 15) is 0 Å². The Balaban J connectivity index is 0. The van der Waals surface area contributed by atoms with Crippen LogP contribution in [0.4, 0.5) is 0 Å². The molecule has 4 N–H and O–H groups in total. The molecule has 0 aliphatic heterocycles. The molecular weight excluding hydrogens is 182 g/mol. The Morgan fingerprint density at radius 2 is 1.70 bits per heavy atom. The third-order valence-corrected chi connectivity index (χ3v) is 0.515. The Kier molecular flexibility index (Phi) is 6.79. The van der Waals surface area contributed by atoms with E-state index in [1.165, 1.54) is 0 Å². The monoisotopic (exact) mass is 189 g/mol. The van der Waals surface area contributed by atoms with Crippen LogP contribution in [-0.2, 0) is 10.4 Å². The predicted octanol–water partition coefficient (Wildman–Crippen LogP) is 0.0448. The van der Waals surface area contributed by atoms with E-state index in [4.69, 9.17) is 34.9 Å². The lowest BCUT2D eigenvalue weighted by atomic mass is 10.6. The highest BCUT2D eigenvalue weighted by atomic mass is 35.5. The van der Waals surface area contributed by atoms with Gasteiger partial charge in [-0.1, -0.05) is 6.58 Å². The molecule has 10 heavy (non-hydrogen) atoms. The van der Waals surface area contributed by atoms with Crippen molar-refractivity contribution >= 4 is 22.0 Å². The minimum atomic E-state index is -4.67. The van der Waals surface area contributed by atoms with E-state index in [0.717, 1.165) is 0 Å². The number of hydrogen-bond acceptors (Lipinski definition) is 3. The smallest absolute Gasteiger partial charge is 0.394 e. The van der Waals surface area contributed by atoms with Crippen molar-refractivity contribution in [3.8, 4) is 0 Å². The van der Waals surface area contributed by atoms with Crippen molar-refractivity contribution in [2.75, 3.05) is 5.88 Å². The highest BCUT2D eigenvalue weighted by molar-refractivity contribution is 7.79. The van der Waals surface area contributed by atoms with E-state index in [2.05, 4.69) is 6.58 Å². The van der Waals surface area contributed by atoms with E-state index in [1.807, 2.05) is 0 Å². The van der Waals surface area contributed by atoms with Crippen LogP contribution in [0.3, 0.4) is 0 Å². The van der Waals surface area contributed by atoms with Gasteiger partial charge in [0.1, 0.15) is 0 Å². The second kappa shape index (κ2) is 5.48. The Morgan fingerprint density at radius 1 is 1.60 bits per heavy atom. The molecule has 0 spiro atoms. The molecule has 62 valence electrons. The summed E-state index contributed by atoms with van der Waals surface area (Å²) in [5.74, 6) is 0.361. The van der Waals surface area contributed by atoms with Gasteiger partial charge in [0.05, 0.1) is 5.88 Å². The van der Waals surface area contributed by atoms with Crippen molar-refractivity contribution in [1.82, 2.24) is 0 Å². The summed E-state index contributed by atoms with van der Waals surface area (Å²) < 4.78 is 31.6. The van der Waals surface area contributed by atoms with Crippen molar-refractivity contribution < 1.29 is 17.5 Å². The van der Waals surface area contributed by atoms with Crippen LogP contribution in [0, 0.1) is 0 Å². The molecule has 0 saturated heterocycles. The van der Waals surface area contributed by atoms with Crippen molar-refractivity contribution in [3.63, 3.8) is 0 Å². The molecule has 0 amide bonds. The molecule has 0 bridgehead atoms. The summed E-state index contributed by atoms with van der Waals surface area (Å²) in [6.45, 7) is 3.32. The molecule has 0 rings (SSSR count). The summed E-state index contributed by atoms with van der Waals surface area (Å²) in [5, 5.41) is 0. The zero-order chi connectivity index (χ0) is 8.78. The number of halogens is 1. The fraction of sp³-hybridized carbons (Fsp3) is 0.333. The molecular formula is C3H8ClNO4S. The maximum Gasteiger partial charge on any atom is 0.394 e. The van der Waals surface area contributed by atoms with Crippen LogP contribution in [-0.4, -0.2) is 23.4 Å². The van der Waals surface area contributed by atoms with Gasteiger partial charge in [0.25, 0.3) is 0 Å². The van der Waals surface area contributed by atoms with E-state index in [-0.39, 0.29) is 0 Å². The highest BCUT2D eigenvalue weighted by Crippen LogP contribution is 1.77. The average molecular weight is 190 g/mol. The first-order valence-electron chi connectivity index (χ1n) is 1.96. The molecule has 0 atom stereocenters. The number of nitrogens with two attached hydrogens (primary N) is 1. The standard InChI is InChI=1S/C3H6ClN.H2O4S/c1-3(5)2-4;1-5(2,3)4/h1-2,5H2;(H2,1,2,3,4). The fourth-order valence-electron chi connectivity index (χ4n) is 0. The van der Waals surface area contributed by atoms with Gasteiger partial charge in [-0.15, -0.1) is 11.6 Å². The van der Waals surface area contributed by atoms with E-state index < -0.39 is 10.4 Å². The molecule has 0 saturated carbocycles. The molecule has 7 heteroatoms. The van der Waals surface area contributed by atoms with Crippen LogP contribution in [0.25, 0.3) is 0 Å². The van der Waals surface area contributed by atoms with Crippen molar-refractivity contribution in [2.45, 2.75) is 0 Å². The maximum absolute atomic E-state index is 8.74. The van der Waals surface area contributed by atoms with Gasteiger partial charge in [0.2, 0.25) is 0 Å². The van der Waals surface area contributed by atoms with E-state index in [1.54, 1.807) is 0 Å². The first kappa shape index (κ1) is 12.4. The second-order valence-corrected chi connectivity index (χ2v) is 2.40. The normalized spacial score (nSPS) is 9.50. The fourth-order valence-corrected chi connectivity index (χ4v) is 0. The molecule has 0 aliphatic rings. The van der Waals surface area contributed by atoms with Crippen LogP contribution in [0.5, 0.6) is 0 Å². The summed E-state index contributed by atoms with van der Waals surface area (Å²) >= 11 is 5.11. The van der Waals surface area contributed by atoms with Crippen LogP contribution in [0.2, 0.25) is 0 Å². The molecule has 0 aromatic rings. The molecule has 0 radical (unpaired) electrons. The van der Waals surface area contributed by atoms with Gasteiger partial charge < -0.3 is 5.73 Å². The maximum atomic E-state index is 8.74. The summed E-state index contributed by atoms with van der Waals surface area (Å²) in [6, 6.07) is 0. The van der Waals surface area contributed by atoms with Crippen LogP contribution < -0.4 is 5.73 Å². The lowest BCUT2D eigenvalue weighted by molar-refractivity contribution is 0.381. The van der Waals surface area contributed by atoms with Gasteiger partial charge in [0.15, 0.2) is 0 Å². The SMILES string of the molecule is C=C(N)CCl.O=S(=O)(O)O. The van der Waals surface area contributed by atoms with E-state index >= 15 is 0 Å². The summed E-state index contributed by atoms with van der Waals surface area (Å²) in [6.07, 6.45) is 0. The van der Waals surface area contributed by atoms with Gasteiger partial charge >= 0.3 is 10.4 Å². The molecule has 0 fully saturated rings. The van der Waals surface area contributed by atoms with Gasteiger partial charge in [-0.3, -0.25) is 9.11 Å². The lowest BCUT2D eigenvalue weighted by Crippen LogP contribution is -1.93. The molecule has 0 heterocycles. The zero-order valence-electron chi connectivity index (χ0n) is 4.99. The molecule has 0 unspecified atom stereocenters. The van der Waals surface area contributed by atoms with Gasteiger partial charge in [-0.25, -0.2) is 0 Å². The number of alkyl halides is 1. The highest BCUT2D eigenvalue weighted by Gasteiger charge is 1.84. The second-order valence-electron chi connectivity index (χ2n) is 1.24. The Morgan fingerprint density at radius 3 is 1.70 bits per heavy atom. The molecule has 0 aromatic carbocycles. The minimum Gasteiger partial charge on any atom is -0.402 e. The van der Waals surface area contributed by atoms with Gasteiger partial charge in [-0.2, -0.15) is 8.42 Å². The quantitative estimate of drug-likeness (QED) is 0.400. The summed E-state index contributed by atoms with van der Waals surface area (Å²) in [4.78, 5) is 0. The third-order valence-electron chi connectivity index (χ3n) is 0.172. The number of hydrogen-bond donors (Lipinski definition) is 3. The molecule has 0 aliphatic carbocycles. The predicted molar refractivity (Wildman–Crippen MR) is 38.2 cm³/mol. The van der Waals surface area contributed by atoms with Crippen molar-refractivity contribution in [3.05, 3.63) is 12.3 Å². The van der Waals surface area contributed by atoms with Crippen LogP contribution in [0.15, 0.2) is 12.3 Å². The number of allylic oxidation sites excluding steroid dienone is 1. The Hall–Kier alpha value is -0.300. The average Bonchev–Trinajstić information content (AvgIpc) is 1.61. The lowest BCUT2D eigenvalue weighted by Gasteiger charge is -1.79. The first-order chi connectivity index (χ1) is 4.27. The topological polar surface area (TPSA) is 101 Å². The zero-order valence-corrected chi connectivity index (χ0v) is 6.56. The molecule has 5 nitrogen and oxygen atoms in total. The largest absolute Gasteiger partial charge is 0.402 e. The van der Waals surface area contributed by atoms with Crippen LogP contribution in [0.1, 0.15) is 0 Å². The van der Waals surface area contributed by atoms with Crippen LogP contribution >= 0.6 is 11.6 Å². The number of rotatable bonds is 1. The Labute approximate surface area is 64.1 Å². The van der Waals surface area contributed by atoms with E-state index in [0.29, 0.717) is 11.6 Å². The summed E-state index contributed by atoms with van der Waals surface area (Å²) in [5.41, 5.74) is 5.49. The molecule has 0 aromatic heterocycles. The van der Waals surface area contributed by atoms with Gasteiger partial charge in [-0.05, 0) is 0 Å². The van der Waals surface area contributed by atoms with Crippen molar-refractivity contribution in [2.24, 2.45) is 5.73 Å². The first-order valence-corrected chi connectivity index (χ1v) is 3.89. The van der Waals surface area contributed by atoms with Gasteiger partial charge in [0, 0.05) is 5.70 Å². The van der Waals surface area contributed by atoms with Crippen molar-refractivity contribution in [1.29, 1.82) is 0 Å². The third kappa shape index (κ3) is 120. The summed E-state index contributed by atoms with van der Waals surface area (Å²) in [7, 11) is -4.67.